The van der Waals surface area contributed by atoms with Crippen LogP contribution in [0.25, 0.3) is 0 Å². The van der Waals surface area contributed by atoms with E-state index in [2.05, 4.69) is 0 Å². The normalized spacial score (nSPS) is 21.5. The van der Waals surface area contributed by atoms with Gasteiger partial charge in [0.1, 0.15) is 0 Å². The van der Waals surface area contributed by atoms with E-state index in [0.717, 1.165) is 17.7 Å². The maximum absolute atomic E-state index is 12.2. The molecule has 0 radical (unpaired) electrons. The highest BCUT2D eigenvalue weighted by Crippen LogP contribution is 2.27. The first kappa shape index (κ1) is 17.3. The molecule has 6 nitrogen and oxygen atoms in total. The number of fused-ring (bicyclic) bond motifs is 1. The first-order valence-electron chi connectivity index (χ1n) is 7.80. The summed E-state index contributed by atoms with van der Waals surface area (Å²) in [6, 6.07) is 7.69. The number of thioether (sulfide) groups is 1. The van der Waals surface area contributed by atoms with Crippen molar-refractivity contribution in [2.75, 3.05) is 35.3 Å². The summed E-state index contributed by atoms with van der Waals surface area (Å²) < 4.78 is 27.8. The van der Waals surface area contributed by atoms with Gasteiger partial charge in [-0.1, -0.05) is 18.2 Å². The van der Waals surface area contributed by atoms with E-state index in [1.54, 1.807) is 4.90 Å². The topological polar surface area (TPSA) is 80.7 Å². The fraction of sp³-hybridized carbons (Fsp3) is 0.500. The molecular weight excluding hydrogens is 350 g/mol. The molecular formula is C16H19NO5S2. The molecule has 130 valence electrons. The largest absolute Gasteiger partial charge is 0.455 e. The number of sulfone groups is 1. The van der Waals surface area contributed by atoms with E-state index in [0.29, 0.717) is 13.0 Å². The van der Waals surface area contributed by atoms with Gasteiger partial charge in [-0.15, -0.1) is 11.8 Å². The number of para-hydroxylation sites is 1. The second-order valence-corrected chi connectivity index (χ2v) is 9.44. The van der Waals surface area contributed by atoms with E-state index in [1.165, 1.54) is 11.8 Å². The predicted molar refractivity (Wildman–Crippen MR) is 93.0 cm³/mol. The first-order chi connectivity index (χ1) is 11.4. The van der Waals surface area contributed by atoms with Gasteiger partial charge in [0.15, 0.2) is 16.4 Å². The van der Waals surface area contributed by atoms with Gasteiger partial charge in [0.05, 0.1) is 17.3 Å². The van der Waals surface area contributed by atoms with Gasteiger partial charge in [-0.3, -0.25) is 9.59 Å². The molecule has 0 aromatic heterocycles. The minimum atomic E-state index is -2.94. The highest BCUT2D eigenvalue weighted by molar-refractivity contribution is 8.02. The number of nitrogens with zero attached hydrogens (tertiary/aromatic N) is 1. The number of rotatable bonds is 5. The summed E-state index contributed by atoms with van der Waals surface area (Å²) in [6.45, 7) is 0.321. The summed E-state index contributed by atoms with van der Waals surface area (Å²) in [5.74, 6) is -0.336. The molecule has 0 bridgehead atoms. The summed E-state index contributed by atoms with van der Waals surface area (Å²) in [7, 11) is -2.94. The highest BCUT2D eigenvalue weighted by Gasteiger charge is 2.29. The van der Waals surface area contributed by atoms with Crippen LogP contribution in [0.15, 0.2) is 24.3 Å². The predicted octanol–water partition coefficient (Wildman–Crippen LogP) is 1.04. The van der Waals surface area contributed by atoms with Crippen LogP contribution in [0.1, 0.15) is 12.0 Å². The lowest BCUT2D eigenvalue weighted by Crippen LogP contribution is -2.33. The molecule has 2 aliphatic heterocycles. The molecule has 0 saturated carbocycles. The van der Waals surface area contributed by atoms with Gasteiger partial charge in [-0.05, 0) is 24.5 Å². The Kier molecular flexibility index (Phi) is 5.15. The number of anilines is 1. The van der Waals surface area contributed by atoms with Crippen molar-refractivity contribution in [3.63, 3.8) is 0 Å². The van der Waals surface area contributed by atoms with Crippen molar-refractivity contribution in [1.29, 1.82) is 0 Å². The van der Waals surface area contributed by atoms with E-state index in [1.807, 2.05) is 24.3 Å². The van der Waals surface area contributed by atoms with Crippen molar-refractivity contribution >= 4 is 39.2 Å². The van der Waals surface area contributed by atoms with E-state index < -0.39 is 15.8 Å². The zero-order valence-electron chi connectivity index (χ0n) is 13.1. The van der Waals surface area contributed by atoms with Gasteiger partial charge in [0.25, 0.3) is 5.91 Å². The number of hydrogen-bond acceptors (Lipinski definition) is 6. The molecule has 1 atom stereocenters. The van der Waals surface area contributed by atoms with Crippen molar-refractivity contribution in [2.45, 2.75) is 18.1 Å². The van der Waals surface area contributed by atoms with E-state index >= 15 is 0 Å². The lowest BCUT2D eigenvalue weighted by Gasteiger charge is -2.17. The van der Waals surface area contributed by atoms with Crippen molar-refractivity contribution in [1.82, 2.24) is 0 Å². The number of carbonyl (C=O) groups is 2. The Balaban J connectivity index is 1.43. The fourth-order valence-corrected chi connectivity index (χ4v) is 6.38. The second-order valence-electron chi connectivity index (χ2n) is 5.92. The number of benzene rings is 1. The SMILES string of the molecule is O=C(CS[C@@H]1CCS(=O)(=O)C1)OCC(=O)N1CCc2ccccc21. The van der Waals surface area contributed by atoms with Gasteiger partial charge in [0.2, 0.25) is 0 Å². The molecule has 8 heteroatoms. The molecule has 24 heavy (non-hydrogen) atoms. The van der Waals surface area contributed by atoms with Crippen LogP contribution in [-0.4, -0.2) is 56.0 Å². The van der Waals surface area contributed by atoms with Crippen LogP contribution in [0.5, 0.6) is 0 Å². The number of hydrogen-bond donors (Lipinski definition) is 0. The minimum absolute atomic E-state index is 0.0521. The Bertz CT molecular complexity index is 747. The lowest BCUT2D eigenvalue weighted by atomic mass is 10.2. The van der Waals surface area contributed by atoms with Gasteiger partial charge < -0.3 is 9.64 Å². The Morgan fingerprint density at radius 2 is 2.08 bits per heavy atom. The average Bonchev–Trinajstić information content (AvgIpc) is 3.13. The summed E-state index contributed by atoms with van der Waals surface area (Å²) in [6.07, 6.45) is 1.38. The van der Waals surface area contributed by atoms with Crippen LogP contribution in [0.2, 0.25) is 0 Å². The molecule has 1 fully saturated rings. The third kappa shape index (κ3) is 4.10. The molecule has 2 heterocycles. The van der Waals surface area contributed by atoms with E-state index in [4.69, 9.17) is 4.74 Å². The van der Waals surface area contributed by atoms with Gasteiger partial charge >= 0.3 is 5.97 Å². The lowest BCUT2D eigenvalue weighted by molar-refractivity contribution is -0.145. The molecule has 3 rings (SSSR count). The van der Waals surface area contributed by atoms with Crippen LogP contribution < -0.4 is 4.90 Å². The zero-order chi connectivity index (χ0) is 17.2. The van der Waals surface area contributed by atoms with E-state index in [9.17, 15) is 18.0 Å². The second kappa shape index (κ2) is 7.14. The summed E-state index contributed by atoms with van der Waals surface area (Å²) in [4.78, 5) is 25.6. The third-order valence-electron chi connectivity index (χ3n) is 4.17. The Labute approximate surface area is 145 Å². The third-order valence-corrected chi connectivity index (χ3v) is 7.43. The molecule has 1 saturated heterocycles. The molecule has 0 aliphatic carbocycles. The number of esters is 1. The Morgan fingerprint density at radius 3 is 2.83 bits per heavy atom. The quantitative estimate of drug-likeness (QED) is 0.722. The standard InChI is InChI=1S/C16H19NO5S2/c18-15(17-7-5-12-3-1-2-4-14(12)17)9-22-16(19)10-23-13-6-8-24(20,21)11-13/h1-4,13H,5-11H2/t13-/m1/s1. The van der Waals surface area contributed by atoms with E-state index in [-0.39, 0.29) is 35.0 Å². The maximum Gasteiger partial charge on any atom is 0.316 e. The number of carbonyl (C=O) groups excluding carboxylic acids is 2. The molecule has 0 spiro atoms. The Hall–Kier alpha value is -1.54. The monoisotopic (exact) mass is 369 g/mol. The van der Waals surface area contributed by atoms with Crippen LogP contribution in [-0.2, 0) is 30.6 Å². The molecule has 1 amide bonds. The number of amides is 1. The average molecular weight is 369 g/mol. The van der Waals surface area contributed by atoms with Crippen LogP contribution in [0.3, 0.4) is 0 Å². The van der Waals surface area contributed by atoms with Crippen molar-refractivity contribution in [2.24, 2.45) is 0 Å². The first-order valence-corrected chi connectivity index (χ1v) is 10.7. The van der Waals surface area contributed by atoms with Crippen LogP contribution in [0, 0.1) is 0 Å². The molecule has 1 aromatic carbocycles. The smallest absolute Gasteiger partial charge is 0.316 e. The Morgan fingerprint density at radius 1 is 1.29 bits per heavy atom. The van der Waals surface area contributed by atoms with Crippen LogP contribution in [0.4, 0.5) is 5.69 Å². The van der Waals surface area contributed by atoms with Crippen molar-refractivity contribution in [3.8, 4) is 0 Å². The van der Waals surface area contributed by atoms with Gasteiger partial charge in [-0.25, -0.2) is 8.42 Å². The zero-order valence-corrected chi connectivity index (χ0v) is 14.8. The summed E-state index contributed by atoms with van der Waals surface area (Å²) in [5.41, 5.74) is 2.00. The molecule has 0 N–H and O–H groups in total. The van der Waals surface area contributed by atoms with Gasteiger partial charge in [0, 0.05) is 17.5 Å². The highest BCUT2D eigenvalue weighted by atomic mass is 32.2. The van der Waals surface area contributed by atoms with Gasteiger partial charge in [-0.2, -0.15) is 0 Å². The van der Waals surface area contributed by atoms with Crippen molar-refractivity contribution in [3.05, 3.63) is 29.8 Å². The molecule has 0 unspecified atom stereocenters. The van der Waals surface area contributed by atoms with Crippen molar-refractivity contribution < 1.29 is 22.7 Å². The fourth-order valence-electron chi connectivity index (χ4n) is 2.94. The molecule has 2 aliphatic rings. The maximum atomic E-state index is 12.2. The summed E-state index contributed by atoms with van der Waals surface area (Å²) >= 11 is 1.29. The minimum Gasteiger partial charge on any atom is -0.455 e. The van der Waals surface area contributed by atoms with Crippen LogP contribution >= 0.6 is 11.8 Å². The molecule has 1 aromatic rings. The summed E-state index contributed by atoms with van der Waals surface area (Å²) in [5, 5.41) is -0.0521. The number of ether oxygens (including phenoxy) is 1.